The predicted molar refractivity (Wildman–Crippen MR) is 94.4 cm³/mol. The topological polar surface area (TPSA) is 46.6 Å². The molecular weight excluding hydrogens is 357 g/mol. The maximum Gasteiger partial charge on any atom is 0.265 e. The number of hydrogen-bond donors (Lipinski definition) is 0. The summed E-state index contributed by atoms with van der Waals surface area (Å²) in [7, 11) is -2.37. The molecule has 4 nitrogen and oxygen atoms in total. The average molecular weight is 374 g/mol. The highest BCUT2D eigenvalue weighted by Gasteiger charge is 2.28. The smallest absolute Gasteiger partial charge is 0.265 e. The standard InChI is InChI=1S/C16H17Cl2NO3S/c1-4-19(14-9-11(2)5-8-15(14)22-3)23(20,21)16-10-12(17)6-7-13(16)18/h5-10H,4H2,1-3H3. The summed E-state index contributed by atoms with van der Waals surface area (Å²) in [6.45, 7) is 3.86. The molecule has 124 valence electrons. The third-order valence-electron chi connectivity index (χ3n) is 3.35. The van der Waals surface area contributed by atoms with Gasteiger partial charge in [-0.25, -0.2) is 8.42 Å². The second kappa shape index (κ2) is 6.99. The van der Waals surface area contributed by atoms with Crippen LogP contribution >= 0.6 is 23.2 Å². The normalized spacial score (nSPS) is 11.3. The highest BCUT2D eigenvalue weighted by molar-refractivity contribution is 7.93. The Balaban J connectivity index is 2.65. The van der Waals surface area contributed by atoms with E-state index in [0.717, 1.165) is 5.56 Å². The molecule has 2 rings (SSSR count). The largest absolute Gasteiger partial charge is 0.495 e. The lowest BCUT2D eigenvalue weighted by Gasteiger charge is -2.25. The fourth-order valence-electron chi connectivity index (χ4n) is 2.26. The van der Waals surface area contributed by atoms with E-state index in [4.69, 9.17) is 27.9 Å². The van der Waals surface area contributed by atoms with E-state index >= 15 is 0 Å². The number of anilines is 1. The van der Waals surface area contributed by atoms with Crippen molar-refractivity contribution in [3.05, 3.63) is 52.0 Å². The number of methoxy groups -OCH3 is 1. The van der Waals surface area contributed by atoms with E-state index in [1.807, 2.05) is 13.0 Å². The van der Waals surface area contributed by atoms with Crippen LogP contribution in [0.15, 0.2) is 41.3 Å². The summed E-state index contributed by atoms with van der Waals surface area (Å²) in [6.07, 6.45) is 0. The monoisotopic (exact) mass is 373 g/mol. The molecule has 0 amide bonds. The van der Waals surface area contributed by atoms with Gasteiger partial charge in [0, 0.05) is 11.6 Å². The van der Waals surface area contributed by atoms with Crippen molar-refractivity contribution in [1.82, 2.24) is 0 Å². The number of rotatable bonds is 5. The molecule has 0 aliphatic heterocycles. The summed E-state index contributed by atoms with van der Waals surface area (Å²) >= 11 is 12.0. The lowest BCUT2D eigenvalue weighted by Crippen LogP contribution is -2.31. The van der Waals surface area contributed by atoms with Gasteiger partial charge in [0.05, 0.1) is 17.8 Å². The molecule has 0 saturated carbocycles. The third kappa shape index (κ3) is 3.57. The minimum absolute atomic E-state index is 0.0305. The maximum atomic E-state index is 13.0. The summed E-state index contributed by atoms with van der Waals surface area (Å²) in [4.78, 5) is -0.0305. The minimum atomic E-state index is -3.87. The second-order valence-corrected chi connectivity index (χ2v) is 7.59. The van der Waals surface area contributed by atoms with Gasteiger partial charge < -0.3 is 4.74 Å². The van der Waals surface area contributed by atoms with E-state index in [9.17, 15) is 8.42 Å². The minimum Gasteiger partial charge on any atom is -0.495 e. The van der Waals surface area contributed by atoms with Crippen molar-refractivity contribution in [3.8, 4) is 5.75 Å². The number of halogens is 2. The molecule has 0 heterocycles. The van der Waals surface area contributed by atoms with E-state index < -0.39 is 10.0 Å². The van der Waals surface area contributed by atoms with Crippen molar-refractivity contribution in [2.75, 3.05) is 18.0 Å². The van der Waals surface area contributed by atoms with E-state index in [-0.39, 0.29) is 16.5 Å². The Morgan fingerprint density at radius 3 is 2.43 bits per heavy atom. The molecule has 0 atom stereocenters. The first-order valence-corrected chi connectivity index (χ1v) is 9.13. The highest BCUT2D eigenvalue weighted by atomic mass is 35.5. The Kier molecular flexibility index (Phi) is 5.45. The van der Waals surface area contributed by atoms with Crippen LogP contribution in [0.2, 0.25) is 10.0 Å². The van der Waals surface area contributed by atoms with Crippen LogP contribution in [0.5, 0.6) is 5.75 Å². The molecule has 0 radical (unpaired) electrons. The van der Waals surface area contributed by atoms with Gasteiger partial charge in [-0.2, -0.15) is 0 Å². The number of benzene rings is 2. The van der Waals surface area contributed by atoms with Crippen LogP contribution in [-0.4, -0.2) is 22.1 Å². The molecule has 0 saturated heterocycles. The van der Waals surface area contributed by atoms with Gasteiger partial charge in [-0.05, 0) is 49.7 Å². The van der Waals surface area contributed by atoms with Gasteiger partial charge >= 0.3 is 0 Å². The zero-order chi connectivity index (χ0) is 17.2. The predicted octanol–water partition coefficient (Wildman–Crippen LogP) is 4.53. The first-order chi connectivity index (χ1) is 10.8. The summed E-state index contributed by atoms with van der Waals surface area (Å²) in [5.74, 6) is 0.471. The molecule has 7 heteroatoms. The van der Waals surface area contributed by atoms with Crippen molar-refractivity contribution in [3.63, 3.8) is 0 Å². The van der Waals surface area contributed by atoms with Gasteiger partial charge in [-0.15, -0.1) is 0 Å². The molecule has 0 unspecified atom stereocenters. The van der Waals surface area contributed by atoms with E-state index in [0.29, 0.717) is 16.5 Å². The van der Waals surface area contributed by atoms with Gasteiger partial charge in [0.2, 0.25) is 0 Å². The van der Waals surface area contributed by atoms with Gasteiger partial charge in [-0.1, -0.05) is 29.3 Å². The lowest BCUT2D eigenvalue weighted by molar-refractivity contribution is 0.415. The first kappa shape index (κ1) is 17.9. The zero-order valence-corrected chi connectivity index (χ0v) is 15.3. The molecule has 0 fully saturated rings. The maximum absolute atomic E-state index is 13.0. The quantitative estimate of drug-likeness (QED) is 0.773. The highest BCUT2D eigenvalue weighted by Crippen LogP contribution is 2.35. The van der Waals surface area contributed by atoms with Gasteiger partial charge in [-0.3, -0.25) is 4.31 Å². The molecule has 0 N–H and O–H groups in total. The van der Waals surface area contributed by atoms with Crippen LogP contribution in [0.25, 0.3) is 0 Å². The Morgan fingerprint density at radius 2 is 1.83 bits per heavy atom. The molecular formula is C16H17Cl2NO3S. The van der Waals surface area contributed by atoms with Gasteiger partial charge in [0.25, 0.3) is 10.0 Å². The second-order valence-electron chi connectivity index (χ2n) is 4.92. The van der Waals surface area contributed by atoms with Crippen LogP contribution in [0.3, 0.4) is 0 Å². The lowest BCUT2D eigenvalue weighted by atomic mass is 10.2. The number of nitrogens with zero attached hydrogens (tertiary/aromatic N) is 1. The van der Waals surface area contributed by atoms with Gasteiger partial charge in [0.15, 0.2) is 0 Å². The Morgan fingerprint density at radius 1 is 1.13 bits per heavy atom. The SMILES string of the molecule is CCN(c1cc(C)ccc1OC)S(=O)(=O)c1cc(Cl)ccc1Cl. The molecule has 2 aromatic rings. The van der Waals surface area contributed by atoms with Crippen LogP contribution < -0.4 is 9.04 Å². The summed E-state index contributed by atoms with van der Waals surface area (Å²) in [6, 6.07) is 9.73. The van der Waals surface area contributed by atoms with Crippen LogP contribution in [-0.2, 0) is 10.0 Å². The fraction of sp³-hybridized carbons (Fsp3) is 0.250. The van der Waals surface area contributed by atoms with Crippen LogP contribution in [0.1, 0.15) is 12.5 Å². The molecule has 0 aliphatic rings. The fourth-order valence-corrected chi connectivity index (χ4v) is 4.47. The molecule has 0 spiro atoms. The summed E-state index contributed by atoms with van der Waals surface area (Å²) in [5, 5.41) is 0.430. The van der Waals surface area contributed by atoms with Crippen molar-refractivity contribution >= 4 is 38.9 Å². The molecule has 23 heavy (non-hydrogen) atoms. The molecule has 0 aliphatic carbocycles. The van der Waals surface area contributed by atoms with E-state index in [1.54, 1.807) is 25.1 Å². The number of sulfonamides is 1. The van der Waals surface area contributed by atoms with Crippen molar-refractivity contribution in [2.45, 2.75) is 18.7 Å². The van der Waals surface area contributed by atoms with Crippen LogP contribution in [0.4, 0.5) is 5.69 Å². The van der Waals surface area contributed by atoms with Crippen molar-refractivity contribution < 1.29 is 13.2 Å². The van der Waals surface area contributed by atoms with Crippen molar-refractivity contribution in [2.24, 2.45) is 0 Å². The summed E-state index contributed by atoms with van der Waals surface area (Å²) in [5.41, 5.74) is 1.39. The molecule has 0 aromatic heterocycles. The first-order valence-electron chi connectivity index (χ1n) is 6.93. The molecule has 0 bridgehead atoms. The Bertz CT molecular complexity index is 822. The zero-order valence-electron chi connectivity index (χ0n) is 13.0. The number of hydrogen-bond acceptors (Lipinski definition) is 3. The number of ether oxygens (including phenoxy) is 1. The molecule has 2 aromatic carbocycles. The number of aryl methyl sites for hydroxylation is 1. The van der Waals surface area contributed by atoms with E-state index in [2.05, 4.69) is 0 Å². The summed E-state index contributed by atoms with van der Waals surface area (Å²) < 4.78 is 32.7. The Hall–Kier alpha value is -1.43. The third-order valence-corrected chi connectivity index (χ3v) is 5.96. The van der Waals surface area contributed by atoms with E-state index in [1.165, 1.54) is 23.5 Å². The Labute approximate surface area is 146 Å². The van der Waals surface area contributed by atoms with Crippen LogP contribution in [0, 0.1) is 6.92 Å². The van der Waals surface area contributed by atoms with Crippen molar-refractivity contribution in [1.29, 1.82) is 0 Å². The van der Waals surface area contributed by atoms with Gasteiger partial charge in [0.1, 0.15) is 10.6 Å². The average Bonchev–Trinajstić information content (AvgIpc) is 2.50.